The number of pyridine rings is 1. The lowest BCUT2D eigenvalue weighted by Gasteiger charge is -2.09. The minimum atomic E-state index is 0.689. The van der Waals surface area contributed by atoms with Gasteiger partial charge in [0, 0.05) is 35.0 Å². The summed E-state index contributed by atoms with van der Waals surface area (Å²) in [6.07, 6.45) is 8.21. The first-order valence-corrected chi connectivity index (χ1v) is 7.68. The predicted molar refractivity (Wildman–Crippen MR) is 81.6 cm³/mol. The molecular formula is C12H12BrIN4. The maximum Gasteiger partial charge on any atom is 0.157 e. The van der Waals surface area contributed by atoms with E-state index < -0.39 is 0 Å². The molecule has 3 rings (SSSR count). The van der Waals surface area contributed by atoms with Crippen LogP contribution in [0.4, 0.5) is 0 Å². The summed E-state index contributed by atoms with van der Waals surface area (Å²) in [5.74, 6) is 0.897. The smallest absolute Gasteiger partial charge is 0.157 e. The van der Waals surface area contributed by atoms with E-state index in [0.717, 1.165) is 26.0 Å². The first kappa shape index (κ1) is 12.6. The van der Waals surface area contributed by atoms with Crippen molar-refractivity contribution in [2.24, 2.45) is 0 Å². The van der Waals surface area contributed by atoms with E-state index in [0.29, 0.717) is 6.04 Å². The fourth-order valence-corrected chi connectivity index (χ4v) is 2.54. The van der Waals surface area contributed by atoms with E-state index >= 15 is 0 Å². The molecular weight excluding hydrogens is 407 g/mol. The molecule has 1 saturated carbocycles. The summed E-state index contributed by atoms with van der Waals surface area (Å²) >= 11 is 5.73. The number of hydrogen-bond acceptors (Lipinski definition) is 3. The summed E-state index contributed by atoms with van der Waals surface area (Å²) < 4.78 is 3.94. The minimum absolute atomic E-state index is 0.689. The molecule has 0 amide bonds. The quantitative estimate of drug-likeness (QED) is 0.776. The summed E-state index contributed by atoms with van der Waals surface area (Å²) in [7, 11) is 0. The van der Waals surface area contributed by atoms with Crippen LogP contribution in [0.15, 0.2) is 29.1 Å². The van der Waals surface area contributed by atoms with Crippen molar-refractivity contribution in [3.8, 4) is 5.82 Å². The van der Waals surface area contributed by atoms with E-state index in [1.807, 2.05) is 23.3 Å². The highest BCUT2D eigenvalue weighted by atomic mass is 127. The zero-order valence-electron chi connectivity index (χ0n) is 9.61. The molecule has 4 nitrogen and oxygen atoms in total. The average molecular weight is 419 g/mol. The van der Waals surface area contributed by atoms with Crippen molar-refractivity contribution < 1.29 is 0 Å². The first-order chi connectivity index (χ1) is 8.72. The van der Waals surface area contributed by atoms with E-state index in [1.165, 1.54) is 12.8 Å². The van der Waals surface area contributed by atoms with Gasteiger partial charge in [0.2, 0.25) is 0 Å². The second kappa shape index (κ2) is 5.26. The van der Waals surface area contributed by atoms with E-state index in [9.17, 15) is 0 Å². The number of rotatable bonds is 4. The number of aromatic nitrogens is 3. The summed E-state index contributed by atoms with van der Waals surface area (Å²) in [5.41, 5.74) is 1.16. The summed E-state index contributed by atoms with van der Waals surface area (Å²) in [4.78, 5) is 4.47. The third kappa shape index (κ3) is 2.92. The van der Waals surface area contributed by atoms with Gasteiger partial charge in [0.25, 0.3) is 0 Å². The molecule has 0 aliphatic heterocycles. The van der Waals surface area contributed by atoms with Crippen LogP contribution >= 0.6 is 38.5 Å². The molecule has 2 aromatic rings. The molecule has 94 valence electrons. The molecule has 0 saturated heterocycles. The Kier molecular flexibility index (Phi) is 3.67. The molecule has 0 unspecified atom stereocenters. The van der Waals surface area contributed by atoms with E-state index in [1.54, 1.807) is 0 Å². The Labute approximate surface area is 127 Å². The number of hydrogen-bond donors (Lipinski definition) is 1. The molecule has 0 radical (unpaired) electrons. The molecule has 2 aromatic heterocycles. The van der Waals surface area contributed by atoms with Crippen molar-refractivity contribution in [2.45, 2.75) is 25.4 Å². The van der Waals surface area contributed by atoms with Crippen molar-refractivity contribution >= 4 is 38.5 Å². The lowest BCUT2D eigenvalue weighted by molar-refractivity contribution is 0.676. The highest BCUT2D eigenvalue weighted by molar-refractivity contribution is 14.1. The normalized spacial score (nSPS) is 15.0. The van der Waals surface area contributed by atoms with Gasteiger partial charge >= 0.3 is 0 Å². The van der Waals surface area contributed by atoms with Gasteiger partial charge in [0.15, 0.2) is 5.82 Å². The maximum atomic E-state index is 4.47. The lowest BCUT2D eigenvalue weighted by atomic mass is 10.2. The molecule has 0 atom stereocenters. The Morgan fingerprint density at radius 2 is 2.28 bits per heavy atom. The molecule has 0 spiro atoms. The van der Waals surface area contributed by atoms with Crippen LogP contribution in [0.5, 0.6) is 0 Å². The van der Waals surface area contributed by atoms with Crippen molar-refractivity contribution in [3.63, 3.8) is 0 Å². The molecule has 0 aromatic carbocycles. The Morgan fingerprint density at radius 3 is 2.94 bits per heavy atom. The molecule has 2 heterocycles. The second-order valence-electron chi connectivity index (χ2n) is 4.39. The van der Waals surface area contributed by atoms with Gasteiger partial charge in [0.05, 0.1) is 9.77 Å². The topological polar surface area (TPSA) is 42.7 Å². The number of nitrogens with zero attached hydrogens (tertiary/aromatic N) is 3. The van der Waals surface area contributed by atoms with Crippen LogP contribution in [0.2, 0.25) is 0 Å². The lowest BCUT2D eigenvalue weighted by Crippen LogP contribution is -2.17. The predicted octanol–water partition coefficient (Wildman–Crippen LogP) is 2.89. The minimum Gasteiger partial charge on any atom is -0.310 e. The van der Waals surface area contributed by atoms with Crippen LogP contribution in [0.3, 0.4) is 0 Å². The molecule has 1 aliphatic rings. The fourth-order valence-electron chi connectivity index (χ4n) is 1.77. The first-order valence-electron chi connectivity index (χ1n) is 5.81. The molecule has 1 aliphatic carbocycles. The van der Waals surface area contributed by atoms with Gasteiger partial charge in [-0.1, -0.05) is 0 Å². The van der Waals surface area contributed by atoms with Crippen LogP contribution in [0.1, 0.15) is 18.4 Å². The van der Waals surface area contributed by atoms with E-state index in [4.69, 9.17) is 0 Å². The fraction of sp³-hybridized carbons (Fsp3) is 0.333. The third-order valence-electron chi connectivity index (χ3n) is 2.84. The van der Waals surface area contributed by atoms with Crippen LogP contribution < -0.4 is 5.32 Å². The Hall–Kier alpha value is -0.470. The summed E-state index contributed by atoms with van der Waals surface area (Å²) in [6.45, 7) is 0.836. The monoisotopic (exact) mass is 418 g/mol. The van der Waals surface area contributed by atoms with Gasteiger partial charge in [-0.15, -0.1) is 0 Å². The van der Waals surface area contributed by atoms with E-state index in [2.05, 4.69) is 60.0 Å². The summed E-state index contributed by atoms with van der Waals surface area (Å²) in [6, 6.07) is 2.79. The zero-order chi connectivity index (χ0) is 12.5. The Balaban J connectivity index is 1.91. The highest BCUT2D eigenvalue weighted by Crippen LogP contribution is 2.22. The second-order valence-corrected chi connectivity index (χ2v) is 6.56. The van der Waals surface area contributed by atoms with Gasteiger partial charge in [0.1, 0.15) is 0 Å². The van der Waals surface area contributed by atoms with Crippen LogP contribution in [0.25, 0.3) is 5.82 Å². The van der Waals surface area contributed by atoms with Crippen LogP contribution in [0, 0.1) is 3.57 Å². The zero-order valence-corrected chi connectivity index (χ0v) is 13.3. The van der Waals surface area contributed by atoms with Gasteiger partial charge in [-0.2, -0.15) is 5.10 Å². The van der Waals surface area contributed by atoms with Gasteiger partial charge in [-0.25, -0.2) is 9.67 Å². The number of nitrogens with one attached hydrogen (secondary N) is 1. The van der Waals surface area contributed by atoms with Gasteiger partial charge in [-0.05, 0) is 57.4 Å². The van der Waals surface area contributed by atoms with Crippen molar-refractivity contribution in [3.05, 3.63) is 38.3 Å². The third-order valence-corrected chi connectivity index (χ3v) is 3.83. The van der Waals surface area contributed by atoms with Crippen LogP contribution in [-0.2, 0) is 6.54 Å². The van der Waals surface area contributed by atoms with Gasteiger partial charge < -0.3 is 5.32 Å². The van der Waals surface area contributed by atoms with Crippen molar-refractivity contribution in [1.29, 1.82) is 0 Å². The van der Waals surface area contributed by atoms with Crippen molar-refractivity contribution in [2.75, 3.05) is 0 Å². The largest absolute Gasteiger partial charge is 0.310 e. The standard InChI is InChI=1S/C12H12BrIN4/c13-9-3-8(4-15-11-1-2-11)12(16-5-9)18-7-10(14)6-17-18/h3,5-7,11,15H,1-2,4H2. The summed E-state index contributed by atoms with van der Waals surface area (Å²) in [5, 5.41) is 7.84. The average Bonchev–Trinajstić information content (AvgIpc) is 3.08. The molecule has 0 bridgehead atoms. The molecule has 6 heteroatoms. The molecule has 1 N–H and O–H groups in total. The number of halogens is 2. The Morgan fingerprint density at radius 1 is 1.44 bits per heavy atom. The van der Waals surface area contributed by atoms with Gasteiger partial charge in [-0.3, -0.25) is 0 Å². The molecule has 18 heavy (non-hydrogen) atoms. The highest BCUT2D eigenvalue weighted by Gasteiger charge is 2.21. The maximum absolute atomic E-state index is 4.47. The Bertz CT molecular complexity index is 565. The SMILES string of the molecule is Brc1cnc(-n2cc(I)cn2)c(CNC2CC2)c1. The van der Waals surface area contributed by atoms with Crippen LogP contribution in [-0.4, -0.2) is 20.8 Å². The van der Waals surface area contributed by atoms with E-state index in [-0.39, 0.29) is 0 Å². The molecule has 1 fully saturated rings. The van der Waals surface area contributed by atoms with Crippen molar-refractivity contribution in [1.82, 2.24) is 20.1 Å².